The second-order valence-electron chi connectivity index (χ2n) is 7.11. The molecule has 0 heterocycles. The highest BCUT2D eigenvalue weighted by molar-refractivity contribution is 5.85. The largest absolute Gasteiger partial charge is 0.355 e. The maximum atomic E-state index is 12.3. The van der Waals surface area contributed by atoms with Crippen molar-refractivity contribution >= 4 is 24.3 Å². The highest BCUT2D eigenvalue weighted by Gasteiger charge is 2.19. The molecule has 1 unspecified atom stereocenters. The molecule has 5 N–H and O–H groups in total. The number of urea groups is 1. The lowest BCUT2D eigenvalue weighted by molar-refractivity contribution is -0.121. The summed E-state index contributed by atoms with van der Waals surface area (Å²) in [4.78, 5) is 23.6. The number of benzene rings is 1. The summed E-state index contributed by atoms with van der Waals surface area (Å²) in [6, 6.07) is 7.23. The van der Waals surface area contributed by atoms with Gasteiger partial charge in [-0.2, -0.15) is 0 Å². The summed E-state index contributed by atoms with van der Waals surface area (Å²) in [6.07, 6.45) is 7.89. The average molecular weight is 397 g/mol. The van der Waals surface area contributed by atoms with Crippen molar-refractivity contribution in [3.8, 4) is 0 Å². The fraction of sp³-hybridized carbons (Fsp3) is 0.600. The Morgan fingerprint density at radius 2 is 1.78 bits per heavy atom. The number of nitrogens with one attached hydrogen (secondary N) is 3. The lowest BCUT2D eigenvalue weighted by Crippen LogP contribution is -2.39. The van der Waals surface area contributed by atoms with E-state index < -0.39 is 12.1 Å². The molecule has 1 aromatic rings. The lowest BCUT2D eigenvalue weighted by Gasteiger charge is -2.20. The van der Waals surface area contributed by atoms with Crippen LogP contribution < -0.4 is 21.7 Å². The van der Waals surface area contributed by atoms with Crippen LogP contribution in [0.25, 0.3) is 0 Å². The molecule has 1 atom stereocenters. The standard InChI is InChI=1S/C20H32N4O2.ClH/c1-15-8-6-7-11-17(15)18(24-20(21)26)14-19(25)23-13-12-22-16-9-4-2-3-5-10-16;/h6-8,11,16,18,22H,2-5,9-10,12-14H2,1H3,(H,23,25)(H3,21,24,26);1H. The van der Waals surface area contributed by atoms with Crippen LogP contribution >= 0.6 is 12.4 Å². The number of halogens is 1. The summed E-state index contributed by atoms with van der Waals surface area (Å²) >= 11 is 0. The first-order valence-electron chi connectivity index (χ1n) is 9.68. The fourth-order valence-electron chi connectivity index (χ4n) is 3.61. The molecule has 0 spiro atoms. The van der Waals surface area contributed by atoms with Crippen molar-refractivity contribution in [2.45, 2.75) is 64.0 Å². The first-order valence-corrected chi connectivity index (χ1v) is 9.68. The number of rotatable bonds is 8. The zero-order valence-corrected chi connectivity index (χ0v) is 16.9. The van der Waals surface area contributed by atoms with Gasteiger partial charge in [0.15, 0.2) is 0 Å². The Labute approximate surface area is 168 Å². The zero-order chi connectivity index (χ0) is 18.8. The summed E-state index contributed by atoms with van der Waals surface area (Å²) in [5, 5.41) is 9.16. The molecule has 1 aliphatic rings. The van der Waals surface area contributed by atoms with Crippen LogP contribution in [0.4, 0.5) is 4.79 Å². The molecular formula is C20H33ClN4O2. The number of hydrogen-bond acceptors (Lipinski definition) is 3. The van der Waals surface area contributed by atoms with Crippen LogP contribution in [0, 0.1) is 6.92 Å². The normalized spacial score (nSPS) is 15.9. The van der Waals surface area contributed by atoms with Gasteiger partial charge in [-0.3, -0.25) is 4.79 Å². The SMILES string of the molecule is Cc1ccccc1C(CC(=O)NCCNC1CCCCCC1)NC(N)=O.Cl. The smallest absolute Gasteiger partial charge is 0.312 e. The van der Waals surface area contributed by atoms with Crippen LogP contribution in [0.2, 0.25) is 0 Å². The van der Waals surface area contributed by atoms with Crippen LogP contribution in [-0.4, -0.2) is 31.1 Å². The molecule has 1 aromatic carbocycles. The Morgan fingerprint density at radius 1 is 1.11 bits per heavy atom. The lowest BCUT2D eigenvalue weighted by atomic mass is 9.98. The summed E-state index contributed by atoms with van der Waals surface area (Å²) in [7, 11) is 0. The highest BCUT2D eigenvalue weighted by atomic mass is 35.5. The Balaban J connectivity index is 0.00000364. The maximum Gasteiger partial charge on any atom is 0.312 e. The third kappa shape index (κ3) is 8.63. The third-order valence-corrected chi connectivity index (χ3v) is 5.01. The Kier molecular flexibility index (Phi) is 10.8. The van der Waals surface area contributed by atoms with E-state index in [1.807, 2.05) is 31.2 Å². The van der Waals surface area contributed by atoms with Crippen molar-refractivity contribution in [1.29, 1.82) is 0 Å². The minimum absolute atomic E-state index is 0. The van der Waals surface area contributed by atoms with E-state index in [1.165, 1.54) is 38.5 Å². The molecule has 152 valence electrons. The highest BCUT2D eigenvalue weighted by Crippen LogP contribution is 2.20. The van der Waals surface area contributed by atoms with Crippen LogP contribution in [-0.2, 0) is 4.79 Å². The number of carbonyl (C=O) groups is 2. The van der Waals surface area contributed by atoms with Gasteiger partial charge in [0.05, 0.1) is 12.5 Å². The van der Waals surface area contributed by atoms with Gasteiger partial charge in [-0.1, -0.05) is 49.9 Å². The van der Waals surface area contributed by atoms with Gasteiger partial charge in [0.25, 0.3) is 0 Å². The molecule has 1 aliphatic carbocycles. The quantitative estimate of drug-likeness (QED) is 0.401. The molecule has 1 fully saturated rings. The van der Waals surface area contributed by atoms with Gasteiger partial charge in [-0.05, 0) is 30.9 Å². The Hall–Kier alpha value is -1.79. The third-order valence-electron chi connectivity index (χ3n) is 5.01. The van der Waals surface area contributed by atoms with Crippen molar-refractivity contribution in [2.75, 3.05) is 13.1 Å². The van der Waals surface area contributed by atoms with E-state index >= 15 is 0 Å². The molecule has 6 nitrogen and oxygen atoms in total. The average Bonchev–Trinajstić information content (AvgIpc) is 2.87. The van der Waals surface area contributed by atoms with Gasteiger partial charge < -0.3 is 21.7 Å². The second kappa shape index (κ2) is 12.6. The number of hydrogen-bond donors (Lipinski definition) is 4. The molecule has 0 saturated heterocycles. The van der Waals surface area contributed by atoms with Crippen molar-refractivity contribution < 1.29 is 9.59 Å². The van der Waals surface area contributed by atoms with Crippen LogP contribution in [0.15, 0.2) is 24.3 Å². The Bertz CT molecular complexity index is 589. The van der Waals surface area contributed by atoms with Gasteiger partial charge in [0.2, 0.25) is 5.91 Å². The van der Waals surface area contributed by atoms with Crippen molar-refractivity contribution in [3.05, 3.63) is 35.4 Å². The van der Waals surface area contributed by atoms with Crippen LogP contribution in [0.3, 0.4) is 0 Å². The molecule has 0 aliphatic heterocycles. The second-order valence-corrected chi connectivity index (χ2v) is 7.11. The number of primary amides is 1. The van der Waals surface area contributed by atoms with Crippen molar-refractivity contribution in [2.24, 2.45) is 5.73 Å². The van der Waals surface area contributed by atoms with E-state index in [2.05, 4.69) is 16.0 Å². The molecule has 3 amide bonds. The van der Waals surface area contributed by atoms with Gasteiger partial charge in [0, 0.05) is 19.1 Å². The number of aryl methyl sites for hydroxylation is 1. The molecule has 7 heteroatoms. The summed E-state index contributed by atoms with van der Waals surface area (Å²) in [5.74, 6) is -0.0883. The fourth-order valence-corrected chi connectivity index (χ4v) is 3.61. The van der Waals surface area contributed by atoms with Crippen LogP contribution in [0.5, 0.6) is 0 Å². The first-order chi connectivity index (χ1) is 12.6. The van der Waals surface area contributed by atoms with Crippen molar-refractivity contribution in [1.82, 2.24) is 16.0 Å². The van der Waals surface area contributed by atoms with Gasteiger partial charge in [-0.25, -0.2) is 4.79 Å². The van der Waals surface area contributed by atoms with E-state index in [0.717, 1.165) is 17.7 Å². The van der Waals surface area contributed by atoms with E-state index in [4.69, 9.17) is 5.73 Å². The molecular weight excluding hydrogens is 364 g/mol. The van der Waals surface area contributed by atoms with Crippen LogP contribution in [0.1, 0.15) is 62.1 Å². The van der Waals surface area contributed by atoms with E-state index in [0.29, 0.717) is 12.6 Å². The molecule has 0 bridgehead atoms. The van der Waals surface area contributed by atoms with Gasteiger partial charge in [-0.15, -0.1) is 12.4 Å². The predicted molar refractivity (Wildman–Crippen MR) is 111 cm³/mol. The molecule has 0 radical (unpaired) electrons. The Morgan fingerprint density at radius 3 is 2.41 bits per heavy atom. The summed E-state index contributed by atoms with van der Waals surface area (Å²) in [6.45, 7) is 3.32. The van der Waals surface area contributed by atoms with E-state index in [1.54, 1.807) is 0 Å². The summed E-state index contributed by atoms with van der Waals surface area (Å²) in [5.41, 5.74) is 7.22. The first kappa shape index (κ1) is 23.2. The predicted octanol–water partition coefficient (Wildman–Crippen LogP) is 2.94. The molecule has 2 rings (SSSR count). The minimum atomic E-state index is -0.624. The van der Waals surface area contributed by atoms with Crippen molar-refractivity contribution in [3.63, 3.8) is 0 Å². The minimum Gasteiger partial charge on any atom is -0.355 e. The topological polar surface area (TPSA) is 96.2 Å². The van der Waals surface area contributed by atoms with E-state index in [9.17, 15) is 9.59 Å². The molecule has 1 saturated carbocycles. The van der Waals surface area contributed by atoms with E-state index in [-0.39, 0.29) is 24.7 Å². The summed E-state index contributed by atoms with van der Waals surface area (Å²) < 4.78 is 0. The number of carbonyl (C=O) groups excluding carboxylic acids is 2. The molecule has 27 heavy (non-hydrogen) atoms. The molecule has 0 aromatic heterocycles. The van der Waals surface area contributed by atoms with Gasteiger partial charge >= 0.3 is 6.03 Å². The maximum absolute atomic E-state index is 12.3. The monoisotopic (exact) mass is 396 g/mol. The zero-order valence-electron chi connectivity index (χ0n) is 16.1. The number of nitrogens with two attached hydrogens (primary N) is 1. The number of amides is 3. The van der Waals surface area contributed by atoms with Gasteiger partial charge in [0.1, 0.15) is 0 Å².